The fourth-order valence-corrected chi connectivity index (χ4v) is 5.50. The number of methoxy groups -OCH3 is 1. The van der Waals surface area contributed by atoms with Crippen LogP contribution >= 0.6 is 0 Å². The number of oxime groups is 1. The molecule has 2 unspecified atom stereocenters. The minimum atomic E-state index is -0.432. The van der Waals surface area contributed by atoms with Crippen LogP contribution in [0.2, 0.25) is 0 Å². The first-order valence-electron chi connectivity index (χ1n) is 11.4. The van der Waals surface area contributed by atoms with Crippen molar-refractivity contribution in [2.75, 3.05) is 12.0 Å². The maximum Gasteiger partial charge on any atom is 0.368 e. The lowest BCUT2D eigenvalue weighted by Crippen LogP contribution is -2.26. The van der Waals surface area contributed by atoms with Crippen molar-refractivity contribution < 1.29 is 14.4 Å². The molecule has 0 bridgehead atoms. The van der Waals surface area contributed by atoms with Gasteiger partial charge >= 0.3 is 5.97 Å². The van der Waals surface area contributed by atoms with Crippen molar-refractivity contribution in [1.82, 2.24) is 0 Å². The Morgan fingerprint density at radius 2 is 1.79 bits per heavy atom. The highest BCUT2D eigenvalue weighted by molar-refractivity contribution is 6.31. The Morgan fingerprint density at radius 1 is 1.03 bits per heavy atom. The predicted octanol–water partition coefficient (Wildman–Crippen LogP) is 5.83. The summed E-state index contributed by atoms with van der Waals surface area (Å²) in [6, 6.07) is 24.8. The van der Waals surface area contributed by atoms with Crippen LogP contribution in [0, 0.1) is 0 Å². The second-order valence-electron chi connectivity index (χ2n) is 8.71. The van der Waals surface area contributed by atoms with Crippen molar-refractivity contribution in [3.63, 3.8) is 0 Å². The number of carbonyl (C=O) groups is 1. The lowest BCUT2D eigenvalue weighted by molar-refractivity contribution is -0.136. The molecule has 0 saturated heterocycles. The number of carbonyl (C=O) groups excluding carboxylic acids is 1. The van der Waals surface area contributed by atoms with E-state index in [9.17, 15) is 4.79 Å². The van der Waals surface area contributed by atoms with Crippen LogP contribution in [0.25, 0.3) is 6.08 Å². The Hall–Kier alpha value is -3.86. The summed E-state index contributed by atoms with van der Waals surface area (Å²) >= 11 is 0. The number of rotatable bonds is 4. The summed E-state index contributed by atoms with van der Waals surface area (Å²) in [5.41, 5.74) is 6.42. The summed E-state index contributed by atoms with van der Waals surface area (Å²) in [6.45, 7) is 0. The van der Waals surface area contributed by atoms with Gasteiger partial charge < -0.3 is 14.5 Å². The van der Waals surface area contributed by atoms with E-state index in [1.54, 1.807) is 7.11 Å². The van der Waals surface area contributed by atoms with Gasteiger partial charge in [0.2, 0.25) is 0 Å². The molecule has 5 nitrogen and oxygen atoms in total. The van der Waals surface area contributed by atoms with Crippen LogP contribution in [0.3, 0.4) is 0 Å². The molecule has 1 fully saturated rings. The minimum Gasteiger partial charge on any atom is -0.495 e. The van der Waals surface area contributed by atoms with Gasteiger partial charge in [-0.05, 0) is 54.3 Å². The quantitative estimate of drug-likeness (QED) is 0.382. The molecule has 2 aliphatic heterocycles. The summed E-state index contributed by atoms with van der Waals surface area (Å²) in [7, 11) is 1.71. The molecule has 0 radical (unpaired) electrons. The molecule has 1 saturated carbocycles. The van der Waals surface area contributed by atoms with E-state index in [-0.39, 0.29) is 0 Å². The van der Waals surface area contributed by atoms with Gasteiger partial charge in [-0.15, -0.1) is 0 Å². The molecular weight excluding hydrogens is 412 g/mol. The summed E-state index contributed by atoms with van der Waals surface area (Å²) in [5, 5.41) is 4.04. The highest BCUT2D eigenvalue weighted by atomic mass is 16.7. The number of nitrogens with zero attached hydrogens (tertiary/aromatic N) is 2. The van der Waals surface area contributed by atoms with Gasteiger partial charge in [0.05, 0.1) is 18.4 Å². The van der Waals surface area contributed by atoms with Gasteiger partial charge in [0.15, 0.2) is 0 Å². The lowest BCUT2D eigenvalue weighted by Gasteiger charge is -2.28. The Balaban J connectivity index is 1.47. The van der Waals surface area contributed by atoms with Crippen molar-refractivity contribution >= 4 is 29.1 Å². The van der Waals surface area contributed by atoms with Gasteiger partial charge in [-0.25, -0.2) is 4.79 Å². The van der Waals surface area contributed by atoms with Gasteiger partial charge in [0.1, 0.15) is 11.5 Å². The van der Waals surface area contributed by atoms with Crippen molar-refractivity contribution in [3.05, 3.63) is 95.1 Å². The van der Waals surface area contributed by atoms with Crippen LogP contribution in [-0.2, 0) is 9.63 Å². The van der Waals surface area contributed by atoms with Crippen LogP contribution < -0.4 is 9.64 Å². The number of benzene rings is 3. The molecule has 3 aromatic carbocycles. The minimum absolute atomic E-state index is 0.428. The number of para-hydroxylation sites is 1. The largest absolute Gasteiger partial charge is 0.495 e. The van der Waals surface area contributed by atoms with Gasteiger partial charge in [-0.3, -0.25) is 0 Å². The Kier molecular flexibility index (Phi) is 4.75. The molecule has 5 heteroatoms. The fraction of sp³-hybridized carbons (Fsp3) is 0.214. The average Bonchev–Trinajstić information content (AvgIpc) is 3.55. The predicted molar refractivity (Wildman–Crippen MR) is 129 cm³/mol. The average molecular weight is 437 g/mol. The van der Waals surface area contributed by atoms with E-state index in [2.05, 4.69) is 40.4 Å². The molecule has 0 spiro atoms. The molecule has 164 valence electrons. The summed E-state index contributed by atoms with van der Waals surface area (Å²) in [5.74, 6) is 0.838. The summed E-state index contributed by atoms with van der Waals surface area (Å²) in [4.78, 5) is 20.0. The zero-order valence-corrected chi connectivity index (χ0v) is 18.4. The maximum absolute atomic E-state index is 12.5. The van der Waals surface area contributed by atoms with Crippen LogP contribution in [0.15, 0.2) is 83.5 Å². The van der Waals surface area contributed by atoms with Gasteiger partial charge in [0, 0.05) is 23.2 Å². The van der Waals surface area contributed by atoms with Crippen molar-refractivity contribution in [2.24, 2.45) is 5.16 Å². The third-order valence-corrected chi connectivity index (χ3v) is 6.89. The van der Waals surface area contributed by atoms with Crippen molar-refractivity contribution in [2.45, 2.75) is 31.2 Å². The second kappa shape index (κ2) is 7.93. The van der Waals surface area contributed by atoms with Gasteiger partial charge in [-0.2, -0.15) is 0 Å². The third-order valence-electron chi connectivity index (χ3n) is 6.89. The molecule has 2 atom stereocenters. The standard InChI is InChI=1S/C28H24N2O3/c1-32-25-17-18(16-23-26(29-33-28(23)31)19-9-4-2-5-10-19)15-22-21-13-8-14-24(21)30(27(22)25)20-11-6-3-7-12-20/h2-7,9-12,15-17,21,24H,8,13-14H2,1H3/b23-16-. The number of hydrogen-bond acceptors (Lipinski definition) is 5. The second-order valence-corrected chi connectivity index (χ2v) is 8.71. The lowest BCUT2D eigenvalue weighted by atomic mass is 9.94. The Labute approximate surface area is 192 Å². The normalized spacial score (nSPS) is 22.2. The highest BCUT2D eigenvalue weighted by Gasteiger charge is 2.44. The first-order valence-corrected chi connectivity index (χ1v) is 11.4. The highest BCUT2D eigenvalue weighted by Crippen LogP contribution is 2.55. The van der Waals surface area contributed by atoms with Crippen LogP contribution in [-0.4, -0.2) is 24.8 Å². The van der Waals surface area contributed by atoms with Gasteiger partial charge in [0.25, 0.3) is 0 Å². The fourth-order valence-electron chi connectivity index (χ4n) is 5.50. The SMILES string of the molecule is COc1cc(/C=C2\C(=O)ON=C2c2ccccc2)cc2c1N(c1ccccc1)C1CCCC21. The first kappa shape index (κ1) is 19.8. The van der Waals surface area contributed by atoms with Gasteiger partial charge in [-0.1, -0.05) is 60.1 Å². The molecule has 6 rings (SSSR count). The molecule has 1 aliphatic carbocycles. The van der Waals surface area contributed by atoms with Crippen molar-refractivity contribution in [3.8, 4) is 5.75 Å². The molecular formula is C28H24N2O3. The maximum atomic E-state index is 12.5. The molecule has 0 N–H and O–H groups in total. The molecule has 3 aliphatic rings. The zero-order chi connectivity index (χ0) is 22.4. The molecule has 3 aromatic rings. The van der Waals surface area contributed by atoms with E-state index in [4.69, 9.17) is 9.57 Å². The Bertz CT molecular complexity index is 1280. The first-order chi connectivity index (χ1) is 16.2. The topological polar surface area (TPSA) is 51.1 Å². The number of hydrogen-bond donors (Lipinski definition) is 0. The van der Waals surface area contributed by atoms with Crippen molar-refractivity contribution in [1.29, 1.82) is 0 Å². The number of fused-ring (bicyclic) bond motifs is 3. The smallest absolute Gasteiger partial charge is 0.368 e. The van der Waals surface area contributed by atoms with Crippen LogP contribution in [0.5, 0.6) is 5.75 Å². The third kappa shape index (κ3) is 3.23. The number of anilines is 2. The Morgan fingerprint density at radius 3 is 2.55 bits per heavy atom. The van der Waals surface area contributed by atoms with E-state index < -0.39 is 5.97 Å². The molecule has 0 amide bonds. The summed E-state index contributed by atoms with van der Waals surface area (Å²) in [6.07, 6.45) is 5.40. The summed E-state index contributed by atoms with van der Waals surface area (Å²) < 4.78 is 5.90. The van der Waals surface area contributed by atoms with E-state index in [0.717, 1.165) is 35.4 Å². The van der Waals surface area contributed by atoms with Crippen LogP contribution in [0.4, 0.5) is 11.4 Å². The van der Waals surface area contributed by atoms with E-state index >= 15 is 0 Å². The zero-order valence-electron chi connectivity index (χ0n) is 18.4. The van der Waals surface area contributed by atoms with E-state index in [0.29, 0.717) is 23.2 Å². The number of ether oxygens (including phenoxy) is 1. The molecule has 33 heavy (non-hydrogen) atoms. The van der Waals surface area contributed by atoms with E-state index in [1.165, 1.54) is 17.7 Å². The molecule has 2 heterocycles. The van der Waals surface area contributed by atoms with E-state index in [1.807, 2.05) is 48.5 Å². The van der Waals surface area contributed by atoms with Crippen LogP contribution in [0.1, 0.15) is 41.9 Å². The molecule has 0 aromatic heterocycles. The monoisotopic (exact) mass is 436 g/mol.